The minimum Gasteiger partial charge on any atom is -0.506 e. The van der Waals surface area contributed by atoms with Crippen LogP contribution >= 0.6 is 45.2 Å². The minimum absolute atomic E-state index is 0.116. The minimum atomic E-state index is -0.166. The molecule has 4 aromatic carbocycles. The molecule has 4 rings (SSSR count). The Bertz CT molecular complexity index is 1090. The van der Waals surface area contributed by atoms with Gasteiger partial charge in [0.1, 0.15) is 17.6 Å². The highest BCUT2D eigenvalue weighted by Gasteiger charge is 2.28. The maximum absolute atomic E-state index is 10.0. The van der Waals surface area contributed by atoms with Crippen molar-refractivity contribution < 1.29 is 9.84 Å². The zero-order chi connectivity index (χ0) is 21.8. The van der Waals surface area contributed by atoms with Gasteiger partial charge in [0.2, 0.25) is 0 Å². The van der Waals surface area contributed by atoms with E-state index in [4.69, 9.17) is 4.74 Å². The van der Waals surface area contributed by atoms with Crippen molar-refractivity contribution in [2.75, 3.05) is 0 Å². The third-order valence-corrected chi connectivity index (χ3v) is 8.71. The molecule has 31 heavy (non-hydrogen) atoms. The number of halogens is 2. The normalized spacial score (nSPS) is 12.0. The molecule has 0 radical (unpaired) electrons. The van der Waals surface area contributed by atoms with Crippen LogP contribution in [0.25, 0.3) is 0 Å². The molecular weight excluding hydrogens is 630 g/mol. The Morgan fingerprint density at radius 3 is 1.65 bits per heavy atom. The van der Waals surface area contributed by atoms with Gasteiger partial charge in [-0.2, -0.15) is 0 Å². The van der Waals surface area contributed by atoms with Gasteiger partial charge in [-0.1, -0.05) is 36.4 Å². The number of hydrogen-bond donors (Lipinski definition) is 1. The maximum Gasteiger partial charge on any atom is 0.166 e. The number of phenolic OH excluding ortho intramolecular Hbond substituents is 1. The molecule has 0 saturated carbocycles. The van der Waals surface area contributed by atoms with Crippen LogP contribution in [-0.2, 0) is 10.9 Å². The van der Waals surface area contributed by atoms with Crippen LogP contribution < -0.4 is 4.74 Å². The van der Waals surface area contributed by atoms with Crippen LogP contribution in [0.15, 0.2) is 112 Å². The van der Waals surface area contributed by atoms with Gasteiger partial charge in [0.05, 0.1) is 18.0 Å². The van der Waals surface area contributed by atoms with Crippen molar-refractivity contribution in [1.29, 1.82) is 0 Å². The van der Waals surface area contributed by atoms with Gasteiger partial charge in [0.25, 0.3) is 0 Å². The summed E-state index contributed by atoms with van der Waals surface area (Å²) in [6.07, 6.45) is -0.116. The van der Waals surface area contributed by atoms with Gasteiger partial charge in [0.15, 0.2) is 14.7 Å². The van der Waals surface area contributed by atoms with Gasteiger partial charge < -0.3 is 9.84 Å². The highest BCUT2D eigenvalue weighted by atomic mass is 127. The highest BCUT2D eigenvalue weighted by Crippen LogP contribution is 2.34. The zero-order valence-corrected chi connectivity index (χ0v) is 22.0. The molecule has 0 aliphatic rings. The standard InChI is InChI=1S/C26H20I2O2S/c1-18(19-16-24(27)26(29)25(28)17-19)30-20-12-14-23(15-13-20)31(21-8-4-2-5-9-21)22-10-6-3-7-11-22/h2-18H,1H3/p+1. The number of ether oxygens (including phenoxy) is 1. The molecule has 156 valence electrons. The van der Waals surface area contributed by atoms with E-state index in [9.17, 15) is 5.11 Å². The summed E-state index contributed by atoms with van der Waals surface area (Å²) < 4.78 is 7.88. The largest absolute Gasteiger partial charge is 0.506 e. The van der Waals surface area contributed by atoms with Crippen LogP contribution in [0.4, 0.5) is 0 Å². The fraction of sp³-hybridized carbons (Fsp3) is 0.0769. The number of aromatic hydroxyl groups is 1. The quantitative estimate of drug-likeness (QED) is 0.170. The van der Waals surface area contributed by atoms with E-state index in [1.54, 1.807) is 0 Å². The molecule has 0 amide bonds. The van der Waals surface area contributed by atoms with Gasteiger partial charge in [-0.05, 0) is 118 Å². The van der Waals surface area contributed by atoms with Crippen LogP contribution in [0.3, 0.4) is 0 Å². The van der Waals surface area contributed by atoms with E-state index < -0.39 is 0 Å². The number of rotatable bonds is 6. The van der Waals surface area contributed by atoms with Gasteiger partial charge >= 0.3 is 0 Å². The number of benzene rings is 4. The molecule has 4 aromatic rings. The number of phenols is 1. The van der Waals surface area contributed by atoms with Crippen LogP contribution in [-0.4, -0.2) is 5.11 Å². The molecule has 0 aliphatic carbocycles. The lowest BCUT2D eigenvalue weighted by molar-refractivity contribution is 0.226. The average Bonchev–Trinajstić information content (AvgIpc) is 2.80. The summed E-state index contributed by atoms with van der Waals surface area (Å²) in [6, 6.07) is 33.6. The first-order valence-electron chi connectivity index (χ1n) is 9.82. The molecule has 0 bridgehead atoms. The van der Waals surface area contributed by atoms with Gasteiger partial charge in [-0.3, -0.25) is 0 Å². The van der Waals surface area contributed by atoms with Crippen LogP contribution in [0, 0.1) is 7.14 Å². The SMILES string of the molecule is CC(Oc1ccc([S+](c2ccccc2)c2ccccc2)cc1)c1cc(I)c(O)c(I)c1. The van der Waals surface area contributed by atoms with E-state index in [2.05, 4.69) is 118 Å². The molecule has 1 unspecified atom stereocenters. The molecule has 2 nitrogen and oxygen atoms in total. The predicted octanol–water partition coefficient (Wildman–Crippen LogP) is 7.84. The van der Waals surface area contributed by atoms with Crippen LogP contribution in [0.1, 0.15) is 18.6 Å². The Kier molecular flexibility index (Phi) is 7.45. The highest BCUT2D eigenvalue weighted by molar-refractivity contribution is 14.1. The maximum atomic E-state index is 10.0. The summed E-state index contributed by atoms with van der Waals surface area (Å²) in [7, 11) is -0.166. The third kappa shape index (κ3) is 5.38. The van der Waals surface area contributed by atoms with Crippen molar-refractivity contribution in [2.24, 2.45) is 0 Å². The van der Waals surface area contributed by atoms with Crippen molar-refractivity contribution in [3.05, 3.63) is 110 Å². The van der Waals surface area contributed by atoms with E-state index in [-0.39, 0.29) is 17.0 Å². The first kappa shape index (κ1) is 22.5. The summed E-state index contributed by atoms with van der Waals surface area (Å²) in [5, 5.41) is 10.0. The molecule has 1 atom stereocenters. The van der Waals surface area contributed by atoms with E-state index in [0.717, 1.165) is 18.5 Å². The lowest BCUT2D eigenvalue weighted by Crippen LogP contribution is -2.06. The first-order chi connectivity index (χ1) is 15.0. The second-order valence-corrected chi connectivity index (χ2v) is 11.3. The molecule has 1 N–H and O–H groups in total. The Morgan fingerprint density at radius 2 is 1.16 bits per heavy atom. The van der Waals surface area contributed by atoms with E-state index in [1.165, 1.54) is 14.7 Å². The monoisotopic (exact) mass is 651 g/mol. The molecule has 0 aliphatic heterocycles. The molecule has 0 spiro atoms. The second-order valence-electron chi connectivity index (χ2n) is 7.00. The van der Waals surface area contributed by atoms with E-state index >= 15 is 0 Å². The van der Waals surface area contributed by atoms with E-state index in [1.807, 2.05) is 31.2 Å². The molecule has 5 heteroatoms. The number of hydrogen-bond acceptors (Lipinski definition) is 2. The van der Waals surface area contributed by atoms with Gasteiger partial charge in [-0.25, -0.2) is 0 Å². The summed E-state index contributed by atoms with van der Waals surface area (Å²) in [5.74, 6) is 1.16. The summed E-state index contributed by atoms with van der Waals surface area (Å²) >= 11 is 4.31. The fourth-order valence-electron chi connectivity index (χ4n) is 3.27. The topological polar surface area (TPSA) is 29.5 Å². The van der Waals surface area contributed by atoms with Crippen LogP contribution in [0.2, 0.25) is 0 Å². The molecule has 0 heterocycles. The predicted molar refractivity (Wildman–Crippen MR) is 144 cm³/mol. The molecule has 0 aromatic heterocycles. The fourth-order valence-corrected chi connectivity index (χ4v) is 7.17. The van der Waals surface area contributed by atoms with Crippen molar-refractivity contribution in [1.82, 2.24) is 0 Å². The zero-order valence-electron chi connectivity index (χ0n) is 16.8. The first-order valence-corrected chi connectivity index (χ1v) is 13.2. The van der Waals surface area contributed by atoms with Crippen molar-refractivity contribution in [3.8, 4) is 11.5 Å². The van der Waals surface area contributed by atoms with E-state index in [0.29, 0.717) is 5.75 Å². The third-order valence-electron chi connectivity index (χ3n) is 4.84. The summed E-state index contributed by atoms with van der Waals surface area (Å²) in [4.78, 5) is 3.85. The average molecular weight is 651 g/mol. The summed E-state index contributed by atoms with van der Waals surface area (Å²) in [5.41, 5.74) is 1.05. The van der Waals surface area contributed by atoms with Crippen molar-refractivity contribution in [3.63, 3.8) is 0 Å². The second kappa shape index (κ2) is 10.3. The van der Waals surface area contributed by atoms with Gasteiger partial charge in [-0.15, -0.1) is 0 Å². The Balaban J connectivity index is 1.59. The van der Waals surface area contributed by atoms with Gasteiger partial charge in [0, 0.05) is 0 Å². The van der Waals surface area contributed by atoms with Crippen molar-refractivity contribution in [2.45, 2.75) is 27.7 Å². The molecule has 0 saturated heterocycles. The summed E-state index contributed by atoms with van der Waals surface area (Å²) in [6.45, 7) is 2.03. The van der Waals surface area contributed by atoms with Crippen molar-refractivity contribution >= 4 is 56.1 Å². The lowest BCUT2D eigenvalue weighted by Gasteiger charge is -2.17. The molecular formula is C26H21I2O2S+. The van der Waals surface area contributed by atoms with Crippen LogP contribution in [0.5, 0.6) is 11.5 Å². The Labute approximate surface area is 213 Å². The molecule has 0 fully saturated rings. The Hall–Kier alpha value is -1.71. The lowest BCUT2D eigenvalue weighted by atomic mass is 10.1. The Morgan fingerprint density at radius 1 is 0.710 bits per heavy atom. The smallest absolute Gasteiger partial charge is 0.166 e.